The Bertz CT molecular complexity index is 213. The molecule has 4 heteroatoms. The molecular formula is C13H26N2O2. The van der Waals surface area contributed by atoms with Gasteiger partial charge in [-0.2, -0.15) is 0 Å². The molecule has 0 aromatic heterocycles. The molecule has 0 aromatic rings. The summed E-state index contributed by atoms with van der Waals surface area (Å²) in [6, 6.07) is 0.700. The Morgan fingerprint density at radius 3 is 2.65 bits per heavy atom. The zero-order valence-electron chi connectivity index (χ0n) is 11.2. The molecule has 0 unspecified atom stereocenters. The number of carbonyl (C=O) groups excluding carboxylic acids is 1. The highest BCUT2D eigenvalue weighted by atomic mass is 16.5. The van der Waals surface area contributed by atoms with Crippen molar-refractivity contribution in [3.8, 4) is 0 Å². The van der Waals surface area contributed by atoms with Crippen molar-refractivity contribution < 1.29 is 9.53 Å². The van der Waals surface area contributed by atoms with Gasteiger partial charge in [-0.05, 0) is 59.3 Å². The molecule has 1 rings (SSSR count). The van der Waals surface area contributed by atoms with E-state index in [1.165, 1.54) is 25.9 Å². The van der Waals surface area contributed by atoms with E-state index in [4.69, 9.17) is 4.74 Å². The number of rotatable bonds is 7. The van der Waals surface area contributed by atoms with Crippen molar-refractivity contribution >= 4 is 5.97 Å². The van der Waals surface area contributed by atoms with Gasteiger partial charge in [0.25, 0.3) is 0 Å². The molecule has 0 amide bonds. The number of hydrogen-bond acceptors (Lipinski definition) is 4. The second-order valence-electron chi connectivity index (χ2n) is 4.67. The zero-order valence-corrected chi connectivity index (χ0v) is 11.2. The van der Waals surface area contributed by atoms with Crippen LogP contribution in [0.5, 0.6) is 0 Å². The fourth-order valence-corrected chi connectivity index (χ4v) is 2.28. The van der Waals surface area contributed by atoms with E-state index in [0.29, 0.717) is 19.1 Å². The number of unbranched alkanes of at least 4 members (excludes halogenated alkanes) is 1. The van der Waals surface area contributed by atoms with Crippen LogP contribution in [0, 0.1) is 0 Å². The Morgan fingerprint density at radius 1 is 1.35 bits per heavy atom. The van der Waals surface area contributed by atoms with Gasteiger partial charge in [0.15, 0.2) is 0 Å². The smallest absolute Gasteiger partial charge is 0.305 e. The number of nitrogens with zero attached hydrogens (tertiary/aromatic N) is 1. The highest BCUT2D eigenvalue weighted by Crippen LogP contribution is 2.11. The summed E-state index contributed by atoms with van der Waals surface area (Å²) in [6.45, 7) is 5.84. The molecule has 100 valence electrons. The van der Waals surface area contributed by atoms with Crippen molar-refractivity contribution in [2.45, 2.75) is 45.1 Å². The van der Waals surface area contributed by atoms with Crippen LogP contribution in [0.15, 0.2) is 0 Å². The Hall–Kier alpha value is -0.610. The monoisotopic (exact) mass is 242 g/mol. The van der Waals surface area contributed by atoms with Crippen LogP contribution in [-0.2, 0) is 9.53 Å². The molecule has 0 atom stereocenters. The van der Waals surface area contributed by atoms with Crippen molar-refractivity contribution in [1.29, 1.82) is 0 Å². The molecule has 4 nitrogen and oxygen atoms in total. The van der Waals surface area contributed by atoms with Crippen molar-refractivity contribution in [3.63, 3.8) is 0 Å². The highest BCUT2D eigenvalue weighted by Gasteiger charge is 2.16. The number of carbonyl (C=O) groups is 1. The molecule has 0 radical (unpaired) electrons. The molecule has 0 aliphatic carbocycles. The fraction of sp³-hybridized carbons (Fsp3) is 0.923. The lowest BCUT2D eigenvalue weighted by Crippen LogP contribution is -2.41. The second kappa shape index (κ2) is 8.48. The van der Waals surface area contributed by atoms with E-state index in [1.807, 2.05) is 14.0 Å². The lowest BCUT2D eigenvalue weighted by molar-refractivity contribution is -0.143. The maximum Gasteiger partial charge on any atom is 0.305 e. The predicted octanol–water partition coefficient (Wildman–Crippen LogP) is 1.40. The Labute approximate surface area is 105 Å². The summed E-state index contributed by atoms with van der Waals surface area (Å²) in [5.41, 5.74) is 0. The first-order chi connectivity index (χ1) is 8.26. The van der Waals surface area contributed by atoms with Crippen LogP contribution in [0.4, 0.5) is 0 Å². The minimum atomic E-state index is -0.0543. The molecule has 0 spiro atoms. The van der Waals surface area contributed by atoms with Crippen LogP contribution in [0.25, 0.3) is 0 Å². The molecule has 1 heterocycles. The summed E-state index contributed by atoms with van der Waals surface area (Å²) in [5, 5.41) is 3.33. The van der Waals surface area contributed by atoms with Crippen LogP contribution in [0.1, 0.15) is 39.0 Å². The SMILES string of the molecule is CCOC(=O)CCCCN1CCC(NC)CC1. The van der Waals surface area contributed by atoms with Crippen LogP contribution in [-0.4, -0.2) is 50.2 Å². The predicted molar refractivity (Wildman–Crippen MR) is 69.0 cm³/mol. The lowest BCUT2D eigenvalue weighted by Gasteiger charge is -2.31. The Balaban J connectivity index is 1.98. The molecule has 0 aromatic carbocycles. The number of likely N-dealkylation sites (tertiary alicyclic amines) is 1. The van der Waals surface area contributed by atoms with E-state index >= 15 is 0 Å². The molecule has 17 heavy (non-hydrogen) atoms. The van der Waals surface area contributed by atoms with E-state index in [2.05, 4.69) is 10.2 Å². The van der Waals surface area contributed by atoms with Crippen molar-refractivity contribution in [2.24, 2.45) is 0 Å². The second-order valence-corrected chi connectivity index (χ2v) is 4.67. The minimum absolute atomic E-state index is 0.0543. The van der Waals surface area contributed by atoms with E-state index in [-0.39, 0.29) is 5.97 Å². The molecule has 1 aliphatic heterocycles. The van der Waals surface area contributed by atoms with E-state index < -0.39 is 0 Å². The Kier molecular flexibility index (Phi) is 7.21. The largest absolute Gasteiger partial charge is 0.466 e. The third-order valence-corrected chi connectivity index (χ3v) is 3.41. The lowest BCUT2D eigenvalue weighted by atomic mass is 10.0. The first-order valence-electron chi connectivity index (χ1n) is 6.81. The average Bonchev–Trinajstić information content (AvgIpc) is 2.36. The van der Waals surface area contributed by atoms with Gasteiger partial charge in [0.1, 0.15) is 0 Å². The van der Waals surface area contributed by atoms with Gasteiger partial charge < -0.3 is 15.0 Å². The van der Waals surface area contributed by atoms with Gasteiger partial charge in [-0.25, -0.2) is 0 Å². The maximum atomic E-state index is 11.1. The third-order valence-electron chi connectivity index (χ3n) is 3.41. The normalized spacial score (nSPS) is 18.2. The molecular weight excluding hydrogens is 216 g/mol. The summed E-state index contributed by atoms with van der Waals surface area (Å²) >= 11 is 0. The van der Waals surface area contributed by atoms with Gasteiger partial charge in [-0.1, -0.05) is 0 Å². The molecule has 1 aliphatic rings. The van der Waals surface area contributed by atoms with Gasteiger partial charge in [-0.15, -0.1) is 0 Å². The molecule has 1 saturated heterocycles. The van der Waals surface area contributed by atoms with Gasteiger partial charge in [-0.3, -0.25) is 4.79 Å². The number of ether oxygens (including phenoxy) is 1. The van der Waals surface area contributed by atoms with E-state index in [0.717, 1.165) is 19.4 Å². The topological polar surface area (TPSA) is 41.6 Å². The van der Waals surface area contributed by atoms with Gasteiger partial charge in [0, 0.05) is 12.5 Å². The van der Waals surface area contributed by atoms with Crippen LogP contribution in [0.2, 0.25) is 0 Å². The highest BCUT2D eigenvalue weighted by molar-refractivity contribution is 5.69. The Morgan fingerprint density at radius 2 is 2.06 bits per heavy atom. The van der Waals surface area contributed by atoms with Crippen LogP contribution in [0.3, 0.4) is 0 Å². The number of piperidine rings is 1. The summed E-state index contributed by atoms with van der Waals surface area (Å²) < 4.78 is 4.90. The van der Waals surface area contributed by atoms with Gasteiger partial charge in [0.05, 0.1) is 6.61 Å². The van der Waals surface area contributed by atoms with Gasteiger partial charge >= 0.3 is 5.97 Å². The third kappa shape index (κ3) is 6.03. The molecule has 1 N–H and O–H groups in total. The van der Waals surface area contributed by atoms with E-state index in [9.17, 15) is 4.79 Å². The van der Waals surface area contributed by atoms with E-state index in [1.54, 1.807) is 0 Å². The zero-order chi connectivity index (χ0) is 12.5. The minimum Gasteiger partial charge on any atom is -0.466 e. The number of esters is 1. The fourth-order valence-electron chi connectivity index (χ4n) is 2.28. The number of hydrogen-bond donors (Lipinski definition) is 1. The molecule has 1 fully saturated rings. The average molecular weight is 242 g/mol. The summed E-state index contributed by atoms with van der Waals surface area (Å²) in [5.74, 6) is -0.0543. The van der Waals surface area contributed by atoms with Crippen LogP contribution < -0.4 is 5.32 Å². The first-order valence-corrected chi connectivity index (χ1v) is 6.81. The summed E-state index contributed by atoms with van der Waals surface area (Å²) in [6.07, 6.45) is 5.11. The quantitative estimate of drug-likeness (QED) is 0.541. The van der Waals surface area contributed by atoms with Crippen molar-refractivity contribution in [2.75, 3.05) is 33.3 Å². The van der Waals surface area contributed by atoms with Gasteiger partial charge in [0.2, 0.25) is 0 Å². The standard InChI is InChI=1S/C13H26N2O2/c1-3-17-13(16)6-4-5-9-15-10-7-12(14-2)8-11-15/h12,14H,3-11H2,1-2H3. The molecule has 0 saturated carbocycles. The van der Waals surface area contributed by atoms with Crippen molar-refractivity contribution in [3.05, 3.63) is 0 Å². The van der Waals surface area contributed by atoms with Crippen LogP contribution >= 0.6 is 0 Å². The molecule has 0 bridgehead atoms. The van der Waals surface area contributed by atoms with Crippen molar-refractivity contribution in [1.82, 2.24) is 10.2 Å². The summed E-state index contributed by atoms with van der Waals surface area (Å²) in [7, 11) is 2.04. The maximum absolute atomic E-state index is 11.1. The summed E-state index contributed by atoms with van der Waals surface area (Å²) in [4.78, 5) is 13.6. The number of nitrogens with one attached hydrogen (secondary N) is 1. The first kappa shape index (κ1) is 14.5.